The number of Topliss-reactive ketones (excluding diaryl/α,β-unsaturated/α-hetero) is 2. The lowest BCUT2D eigenvalue weighted by Crippen LogP contribution is -2.53. The molecule has 1 amide bonds. The summed E-state index contributed by atoms with van der Waals surface area (Å²) in [4.78, 5) is 45.1. The molecule has 1 spiro atoms. The third-order valence-electron chi connectivity index (χ3n) is 9.44. The van der Waals surface area contributed by atoms with Crippen LogP contribution in [-0.4, -0.2) is 60.7 Å². The lowest BCUT2D eigenvalue weighted by atomic mass is 9.69. The van der Waals surface area contributed by atoms with Crippen molar-refractivity contribution in [2.24, 2.45) is 5.92 Å². The zero-order chi connectivity index (χ0) is 33.7. The van der Waals surface area contributed by atoms with Crippen molar-refractivity contribution in [1.82, 2.24) is 10.3 Å². The van der Waals surface area contributed by atoms with Gasteiger partial charge in [-0.15, -0.1) is 0 Å². The summed E-state index contributed by atoms with van der Waals surface area (Å²) in [6.45, 7) is 2.02. The molecule has 1 aromatic heterocycles. The van der Waals surface area contributed by atoms with Crippen LogP contribution in [0.3, 0.4) is 0 Å². The lowest BCUT2D eigenvalue weighted by Gasteiger charge is -2.38. The molecule has 0 bridgehead atoms. The molecule has 7 rings (SSSR count). The second-order valence-corrected chi connectivity index (χ2v) is 12.5. The number of benzene rings is 3. The molecule has 11 nitrogen and oxygen atoms in total. The van der Waals surface area contributed by atoms with Crippen molar-refractivity contribution in [2.75, 3.05) is 27.6 Å². The number of amides is 1. The Morgan fingerprint density at radius 2 is 1.88 bits per heavy atom. The Kier molecular flexibility index (Phi) is 7.95. The second kappa shape index (κ2) is 12.1. The quantitative estimate of drug-likeness (QED) is 0.200. The molecular weight excluding hydrogens is 640 g/mol. The monoisotopic (exact) mass is 672 g/mol. The zero-order valence-corrected chi connectivity index (χ0v) is 27.2. The van der Waals surface area contributed by atoms with E-state index >= 15 is 0 Å². The van der Waals surface area contributed by atoms with Gasteiger partial charge < -0.3 is 39.1 Å². The number of nitrogens with one attached hydrogen (secondary N) is 2. The Balaban J connectivity index is 1.26. The van der Waals surface area contributed by atoms with E-state index in [1.54, 1.807) is 25.1 Å². The van der Waals surface area contributed by atoms with Crippen molar-refractivity contribution >= 4 is 40.0 Å². The molecule has 248 valence electrons. The molecule has 4 aromatic rings. The van der Waals surface area contributed by atoms with Crippen LogP contribution < -0.4 is 29.0 Å². The number of methoxy groups -OCH3 is 2. The Morgan fingerprint density at radius 3 is 2.67 bits per heavy atom. The molecule has 3 aromatic carbocycles. The van der Waals surface area contributed by atoms with E-state index in [9.17, 15) is 19.5 Å². The maximum absolute atomic E-state index is 14.3. The van der Waals surface area contributed by atoms with Gasteiger partial charge in [-0.2, -0.15) is 0 Å². The van der Waals surface area contributed by atoms with E-state index in [1.165, 1.54) is 20.3 Å². The lowest BCUT2D eigenvalue weighted by molar-refractivity contribution is -0.121. The molecule has 48 heavy (non-hydrogen) atoms. The van der Waals surface area contributed by atoms with Gasteiger partial charge in [-0.1, -0.05) is 42.8 Å². The molecule has 0 radical (unpaired) electrons. The van der Waals surface area contributed by atoms with Crippen LogP contribution in [0.15, 0.2) is 66.1 Å². The summed E-state index contributed by atoms with van der Waals surface area (Å²) < 4.78 is 28.3. The van der Waals surface area contributed by atoms with Gasteiger partial charge >= 0.3 is 0 Å². The number of aromatic amines is 1. The molecule has 0 fully saturated rings. The van der Waals surface area contributed by atoms with Gasteiger partial charge in [-0.3, -0.25) is 14.4 Å². The minimum absolute atomic E-state index is 0.0142. The summed E-state index contributed by atoms with van der Waals surface area (Å²) in [5, 5.41) is 16.2. The Morgan fingerprint density at radius 1 is 1.10 bits per heavy atom. The number of carbonyl (C=O) groups excluding carboxylic acids is 3. The van der Waals surface area contributed by atoms with Gasteiger partial charge in [0.05, 0.1) is 14.2 Å². The van der Waals surface area contributed by atoms with Gasteiger partial charge in [0.1, 0.15) is 22.1 Å². The fourth-order valence-electron chi connectivity index (χ4n) is 6.99. The first-order valence-electron chi connectivity index (χ1n) is 15.5. The molecule has 1 aliphatic carbocycles. The largest absolute Gasteiger partial charge is 0.507 e. The summed E-state index contributed by atoms with van der Waals surface area (Å²) in [5.41, 5.74) is 0.526. The number of para-hydroxylation sites is 1. The van der Waals surface area contributed by atoms with Crippen LogP contribution in [0.25, 0.3) is 10.9 Å². The summed E-state index contributed by atoms with van der Waals surface area (Å²) in [6, 6.07) is 14.5. The number of halogens is 1. The average Bonchev–Trinajstić information content (AvgIpc) is 3.80. The maximum atomic E-state index is 14.3. The van der Waals surface area contributed by atoms with Crippen molar-refractivity contribution in [3.63, 3.8) is 0 Å². The molecule has 3 atom stereocenters. The number of H-pyrrole nitrogens is 1. The highest BCUT2D eigenvalue weighted by molar-refractivity contribution is 6.35. The maximum Gasteiger partial charge on any atom is 0.231 e. The van der Waals surface area contributed by atoms with Gasteiger partial charge in [-0.25, -0.2) is 0 Å². The number of aliphatic hydroxyl groups excluding tert-OH is 1. The first-order chi connectivity index (χ1) is 23.2. The van der Waals surface area contributed by atoms with Crippen LogP contribution >= 0.6 is 11.6 Å². The van der Waals surface area contributed by atoms with Crippen LogP contribution in [0.4, 0.5) is 0 Å². The summed E-state index contributed by atoms with van der Waals surface area (Å²) in [7, 11) is 2.81. The molecule has 3 aliphatic rings. The summed E-state index contributed by atoms with van der Waals surface area (Å²) >= 11 is 6.61. The van der Waals surface area contributed by atoms with Crippen LogP contribution in [0.5, 0.6) is 28.7 Å². The number of ether oxygens (including phenoxy) is 5. The topological polar surface area (TPSA) is 145 Å². The smallest absolute Gasteiger partial charge is 0.231 e. The second-order valence-electron chi connectivity index (χ2n) is 12.1. The van der Waals surface area contributed by atoms with Crippen LogP contribution in [0.1, 0.15) is 47.2 Å². The van der Waals surface area contributed by atoms with Crippen LogP contribution in [0.2, 0.25) is 5.02 Å². The molecule has 0 saturated heterocycles. The fraction of sp³-hybridized carbons (Fsp3) is 0.306. The Labute approximate surface area is 280 Å². The number of hydrogen-bond acceptors (Lipinski definition) is 9. The molecule has 0 saturated carbocycles. The number of fused-ring (bicyclic) bond motifs is 3. The third kappa shape index (κ3) is 4.92. The highest BCUT2D eigenvalue weighted by atomic mass is 35.5. The number of rotatable bonds is 9. The summed E-state index contributed by atoms with van der Waals surface area (Å²) in [6.07, 6.45) is 2.15. The number of carbonyl (C=O) groups is 3. The molecule has 1 unspecified atom stereocenters. The van der Waals surface area contributed by atoms with Crippen molar-refractivity contribution in [1.29, 1.82) is 0 Å². The van der Waals surface area contributed by atoms with Crippen molar-refractivity contribution < 1.29 is 43.2 Å². The van der Waals surface area contributed by atoms with Gasteiger partial charge in [0.15, 0.2) is 28.8 Å². The van der Waals surface area contributed by atoms with Gasteiger partial charge in [0.25, 0.3) is 0 Å². The third-order valence-corrected chi connectivity index (χ3v) is 9.80. The standard InChI is InChI=1S/C36H33ClN2O9/c1-18-12-24(40)30(34(42)36(18)35(43)31-27(44-2)15-28(45-3)32(37)33(31)48-36)22(19-8-9-25-26(13-19)47-17-46-25)14-29(41)38-11-10-20-16-39-23-7-5-4-6-21(20)23/h4-9,13,15-16,18,22,39,42H,10-12,14,17H2,1-3H3,(H,38,41)/t18-,22?,36+/m1/s1. The van der Waals surface area contributed by atoms with E-state index in [0.717, 1.165) is 16.5 Å². The molecule has 2 aliphatic heterocycles. The predicted octanol–water partition coefficient (Wildman–Crippen LogP) is 5.83. The first kappa shape index (κ1) is 31.4. The van der Waals surface area contributed by atoms with Crippen LogP contribution in [-0.2, 0) is 16.0 Å². The van der Waals surface area contributed by atoms with Gasteiger partial charge in [0, 0.05) is 60.0 Å². The van der Waals surface area contributed by atoms with Crippen molar-refractivity contribution in [3.05, 3.63) is 87.8 Å². The molecular formula is C36H33ClN2O9. The highest BCUT2D eigenvalue weighted by Gasteiger charge is 2.61. The van der Waals surface area contributed by atoms with E-state index < -0.39 is 34.8 Å². The Hall–Kier alpha value is -5.16. The molecule has 12 heteroatoms. The van der Waals surface area contributed by atoms with E-state index in [4.69, 9.17) is 35.3 Å². The minimum Gasteiger partial charge on any atom is -0.507 e. The first-order valence-corrected chi connectivity index (χ1v) is 15.9. The van der Waals surface area contributed by atoms with E-state index in [2.05, 4.69) is 10.3 Å². The predicted molar refractivity (Wildman–Crippen MR) is 176 cm³/mol. The van der Waals surface area contributed by atoms with E-state index in [1.807, 2.05) is 30.5 Å². The summed E-state index contributed by atoms with van der Waals surface area (Å²) in [5.74, 6) is -2.40. The SMILES string of the molecule is COc1cc(OC)c2c(c1Cl)O[C@]1(C2=O)C(O)=C(C(CC(=O)NCCc2c[nH]c3ccccc23)c2ccc3c(c2)OCO3)C(=O)C[C@H]1C. The number of ketones is 2. The number of aromatic nitrogens is 1. The number of aliphatic hydroxyl groups is 1. The van der Waals surface area contributed by atoms with E-state index in [-0.39, 0.29) is 58.9 Å². The van der Waals surface area contributed by atoms with Crippen molar-refractivity contribution in [2.45, 2.75) is 37.7 Å². The normalized spacial score (nSPS) is 20.2. The zero-order valence-electron chi connectivity index (χ0n) is 26.5. The Bertz CT molecular complexity index is 2020. The van der Waals surface area contributed by atoms with Gasteiger partial charge in [0.2, 0.25) is 24.1 Å². The molecule has 3 heterocycles. The number of allylic oxidation sites excluding steroid dienone is 1. The average molecular weight is 673 g/mol. The fourth-order valence-corrected chi connectivity index (χ4v) is 7.25. The number of hydrogen-bond donors (Lipinski definition) is 3. The molecule has 3 N–H and O–H groups in total. The van der Waals surface area contributed by atoms with Crippen molar-refractivity contribution in [3.8, 4) is 28.7 Å². The van der Waals surface area contributed by atoms with E-state index in [0.29, 0.717) is 30.0 Å². The highest BCUT2D eigenvalue weighted by Crippen LogP contribution is 2.56. The van der Waals surface area contributed by atoms with Crippen LogP contribution in [0, 0.1) is 5.92 Å². The minimum atomic E-state index is -1.99. The van der Waals surface area contributed by atoms with Gasteiger partial charge in [-0.05, 0) is 35.7 Å².